The molecule has 0 saturated carbocycles. The zero-order valence-corrected chi connectivity index (χ0v) is 16.2. The van der Waals surface area contributed by atoms with Crippen LogP contribution >= 0.6 is 11.8 Å². The lowest BCUT2D eigenvalue weighted by molar-refractivity contribution is -0.139. The molecule has 2 aromatic carbocycles. The van der Waals surface area contributed by atoms with Gasteiger partial charge in [0.2, 0.25) is 0 Å². The van der Waals surface area contributed by atoms with Crippen molar-refractivity contribution in [2.24, 2.45) is 5.73 Å². The van der Waals surface area contributed by atoms with Crippen LogP contribution in [-0.4, -0.2) is 43.4 Å². The van der Waals surface area contributed by atoms with E-state index in [1.54, 1.807) is 40.9 Å². The molecule has 0 radical (unpaired) electrons. The Balaban J connectivity index is 1.62. The number of nitrogens with two attached hydrogens (primary N) is 1. The quantitative estimate of drug-likeness (QED) is 0.321. The van der Waals surface area contributed by atoms with Gasteiger partial charge in [-0.25, -0.2) is 4.79 Å². The van der Waals surface area contributed by atoms with Gasteiger partial charge in [0, 0.05) is 21.9 Å². The fraction of sp³-hybridized carbons (Fsp3) is 0.250. The van der Waals surface area contributed by atoms with Gasteiger partial charge >= 0.3 is 12.1 Å². The second-order valence-corrected chi connectivity index (χ2v) is 7.31. The Kier molecular flexibility index (Phi) is 6.20. The van der Waals surface area contributed by atoms with Crippen LogP contribution in [0.25, 0.3) is 0 Å². The molecule has 1 amide bonds. The lowest BCUT2D eigenvalue weighted by Gasteiger charge is -2.13. The minimum atomic E-state index is -0.399. The van der Waals surface area contributed by atoms with E-state index in [0.29, 0.717) is 23.5 Å². The Morgan fingerprint density at radius 1 is 1.29 bits per heavy atom. The molecule has 1 heterocycles. The van der Waals surface area contributed by atoms with Crippen LogP contribution in [0.2, 0.25) is 0 Å². The number of ether oxygens (including phenoxy) is 2. The second-order valence-electron chi connectivity index (χ2n) is 6.25. The molecule has 0 aromatic heterocycles. The number of nitrogens with zero attached hydrogens (tertiary/aromatic N) is 1. The molecule has 8 heteroatoms. The molecule has 28 heavy (non-hydrogen) atoms. The first-order valence-corrected chi connectivity index (χ1v) is 9.66. The number of cyclic esters (lactones) is 1. The number of hydrogen-bond acceptors (Lipinski definition) is 6. The van der Waals surface area contributed by atoms with E-state index in [9.17, 15) is 9.59 Å². The fourth-order valence-electron chi connectivity index (χ4n) is 2.84. The van der Waals surface area contributed by atoms with E-state index in [1.807, 2.05) is 24.3 Å². The molecule has 146 valence electrons. The molecule has 1 aliphatic rings. The highest BCUT2D eigenvalue weighted by Crippen LogP contribution is 2.28. The number of amidine groups is 1. The van der Waals surface area contributed by atoms with Gasteiger partial charge in [-0.15, -0.1) is 11.8 Å². The first-order chi connectivity index (χ1) is 13.5. The monoisotopic (exact) mass is 399 g/mol. The molecule has 1 fully saturated rings. The number of nitrogens with one attached hydrogen (secondary N) is 1. The third kappa shape index (κ3) is 4.64. The van der Waals surface area contributed by atoms with Crippen molar-refractivity contribution in [3.05, 3.63) is 59.7 Å². The lowest BCUT2D eigenvalue weighted by atomic mass is 10.1. The first-order valence-electron chi connectivity index (χ1n) is 8.68. The number of carbonyl (C=O) groups is 2. The number of anilines is 1. The molecule has 2 aromatic rings. The molecule has 0 bridgehead atoms. The van der Waals surface area contributed by atoms with Gasteiger partial charge in [-0.2, -0.15) is 0 Å². The predicted octanol–water partition coefficient (Wildman–Crippen LogP) is 2.80. The molecule has 1 unspecified atom stereocenters. The molecule has 3 N–H and O–H groups in total. The van der Waals surface area contributed by atoms with Gasteiger partial charge in [0.15, 0.2) is 0 Å². The molecule has 1 aliphatic heterocycles. The minimum absolute atomic E-state index is 0.0181. The summed E-state index contributed by atoms with van der Waals surface area (Å²) < 4.78 is 10.2. The Morgan fingerprint density at radius 3 is 2.68 bits per heavy atom. The van der Waals surface area contributed by atoms with Crippen molar-refractivity contribution < 1.29 is 19.1 Å². The highest BCUT2D eigenvalue weighted by molar-refractivity contribution is 7.99. The highest BCUT2D eigenvalue weighted by atomic mass is 32.2. The van der Waals surface area contributed by atoms with Crippen LogP contribution in [0, 0.1) is 5.41 Å². The van der Waals surface area contributed by atoms with Crippen LogP contribution in [0.15, 0.2) is 53.4 Å². The van der Waals surface area contributed by atoms with Crippen molar-refractivity contribution in [1.29, 1.82) is 5.41 Å². The number of nitrogen functional groups attached to an aromatic ring is 1. The summed E-state index contributed by atoms with van der Waals surface area (Å²) in [7, 11) is 1.37. The average molecular weight is 399 g/mol. The van der Waals surface area contributed by atoms with Crippen LogP contribution in [0.3, 0.4) is 0 Å². The van der Waals surface area contributed by atoms with Crippen molar-refractivity contribution in [3.63, 3.8) is 0 Å². The van der Waals surface area contributed by atoms with E-state index in [4.69, 9.17) is 20.6 Å². The standard InChI is InChI=1S/C20H21N3O4S/c1-26-18(24)10-14-4-2-3-5-17(14)28-12-16-11-23(20(25)27-16)15-8-6-13(7-9-15)19(21)22/h2-9,16H,10-12H2,1H3,(H3,21,22). The molecular formula is C20H21N3O4S. The maximum absolute atomic E-state index is 12.2. The number of thioether (sulfide) groups is 1. The number of amides is 1. The van der Waals surface area contributed by atoms with Crippen molar-refractivity contribution in [3.8, 4) is 0 Å². The zero-order chi connectivity index (χ0) is 20.1. The summed E-state index contributed by atoms with van der Waals surface area (Å²) in [6, 6.07) is 14.5. The van der Waals surface area contributed by atoms with E-state index < -0.39 is 6.09 Å². The number of benzene rings is 2. The lowest BCUT2D eigenvalue weighted by Crippen LogP contribution is -2.25. The highest BCUT2D eigenvalue weighted by Gasteiger charge is 2.32. The summed E-state index contributed by atoms with van der Waals surface area (Å²) in [4.78, 5) is 26.3. The van der Waals surface area contributed by atoms with Gasteiger partial charge in [-0.05, 0) is 35.9 Å². The van der Waals surface area contributed by atoms with Gasteiger partial charge in [-0.1, -0.05) is 18.2 Å². The number of carbonyl (C=O) groups excluding carboxylic acids is 2. The Morgan fingerprint density at radius 2 is 2.00 bits per heavy atom. The van der Waals surface area contributed by atoms with Crippen molar-refractivity contribution in [2.45, 2.75) is 17.4 Å². The summed E-state index contributed by atoms with van der Waals surface area (Å²) in [6.45, 7) is 0.435. The van der Waals surface area contributed by atoms with E-state index in [-0.39, 0.29) is 24.3 Å². The molecule has 0 aliphatic carbocycles. The van der Waals surface area contributed by atoms with Crippen molar-refractivity contribution >= 4 is 35.3 Å². The maximum atomic E-state index is 12.2. The van der Waals surface area contributed by atoms with Gasteiger partial charge in [0.1, 0.15) is 11.9 Å². The Labute approximate surface area is 167 Å². The summed E-state index contributed by atoms with van der Waals surface area (Å²) in [5, 5.41) is 7.44. The topological polar surface area (TPSA) is 106 Å². The van der Waals surface area contributed by atoms with Crippen molar-refractivity contribution in [2.75, 3.05) is 24.3 Å². The third-order valence-corrected chi connectivity index (χ3v) is 5.57. The fourth-order valence-corrected chi connectivity index (χ4v) is 3.88. The van der Waals surface area contributed by atoms with Crippen LogP contribution in [0.4, 0.5) is 10.5 Å². The second kappa shape index (κ2) is 8.79. The number of methoxy groups -OCH3 is 1. The summed E-state index contributed by atoms with van der Waals surface area (Å²) in [5.41, 5.74) is 7.65. The molecule has 3 rings (SSSR count). The maximum Gasteiger partial charge on any atom is 0.414 e. The van der Waals surface area contributed by atoms with Crippen LogP contribution in [0.5, 0.6) is 0 Å². The molecule has 0 spiro atoms. The van der Waals surface area contributed by atoms with Gasteiger partial charge < -0.3 is 15.2 Å². The van der Waals surface area contributed by atoms with E-state index in [0.717, 1.165) is 10.5 Å². The zero-order valence-electron chi connectivity index (χ0n) is 15.4. The minimum Gasteiger partial charge on any atom is -0.469 e. The SMILES string of the molecule is COC(=O)Cc1ccccc1SCC1CN(c2ccc(C(=N)N)cc2)C(=O)O1. The predicted molar refractivity (Wildman–Crippen MR) is 108 cm³/mol. The largest absolute Gasteiger partial charge is 0.469 e. The Bertz CT molecular complexity index is 885. The number of rotatable bonds is 7. The molecule has 7 nitrogen and oxygen atoms in total. The van der Waals surface area contributed by atoms with E-state index >= 15 is 0 Å². The van der Waals surface area contributed by atoms with Gasteiger partial charge in [0.05, 0.1) is 20.1 Å². The molecular weight excluding hydrogens is 378 g/mol. The van der Waals surface area contributed by atoms with Gasteiger partial charge in [-0.3, -0.25) is 15.1 Å². The van der Waals surface area contributed by atoms with Crippen LogP contribution in [-0.2, 0) is 20.7 Å². The number of esters is 1. The van der Waals surface area contributed by atoms with E-state index in [1.165, 1.54) is 7.11 Å². The van der Waals surface area contributed by atoms with E-state index in [2.05, 4.69) is 0 Å². The molecule has 1 saturated heterocycles. The first kappa shape index (κ1) is 19.8. The van der Waals surface area contributed by atoms with Crippen LogP contribution < -0.4 is 10.6 Å². The summed E-state index contributed by atoms with van der Waals surface area (Å²) >= 11 is 1.55. The summed E-state index contributed by atoms with van der Waals surface area (Å²) in [6.07, 6.45) is -0.459. The normalized spacial score (nSPS) is 16.0. The summed E-state index contributed by atoms with van der Waals surface area (Å²) in [5.74, 6) is 0.266. The molecule has 1 atom stereocenters. The average Bonchev–Trinajstić information content (AvgIpc) is 3.07. The smallest absolute Gasteiger partial charge is 0.414 e. The number of hydrogen-bond donors (Lipinski definition) is 2. The van der Waals surface area contributed by atoms with Crippen molar-refractivity contribution in [1.82, 2.24) is 0 Å². The third-order valence-electron chi connectivity index (χ3n) is 4.32. The Hall–Kier alpha value is -3.00. The van der Waals surface area contributed by atoms with Crippen LogP contribution in [0.1, 0.15) is 11.1 Å². The van der Waals surface area contributed by atoms with Gasteiger partial charge in [0.25, 0.3) is 0 Å².